The molecule has 1 aromatic heterocycles. The van der Waals surface area contributed by atoms with Crippen molar-refractivity contribution in [3.05, 3.63) is 11.5 Å². The number of hydrogen-bond donors (Lipinski definition) is 1. The van der Waals surface area contributed by atoms with E-state index in [4.69, 9.17) is 4.52 Å². The van der Waals surface area contributed by atoms with Crippen LogP contribution in [-0.4, -0.2) is 84.4 Å². The topological polar surface area (TPSA) is 116 Å². The summed E-state index contributed by atoms with van der Waals surface area (Å²) >= 11 is 0. The molecule has 11 heteroatoms. The van der Waals surface area contributed by atoms with Crippen molar-refractivity contribution in [1.29, 1.82) is 0 Å². The van der Waals surface area contributed by atoms with Gasteiger partial charge in [-0.2, -0.15) is 4.31 Å². The molecule has 10 nitrogen and oxygen atoms in total. The molecule has 3 heterocycles. The molecule has 180 valence electrons. The fourth-order valence-corrected chi connectivity index (χ4v) is 6.02. The van der Waals surface area contributed by atoms with Crippen LogP contribution in [0.3, 0.4) is 0 Å². The number of nitrogens with zero attached hydrogens (tertiary/aromatic N) is 4. The third-order valence-corrected chi connectivity index (χ3v) is 8.15. The van der Waals surface area contributed by atoms with E-state index < -0.39 is 10.0 Å². The Kier molecular flexibility index (Phi) is 7.18. The van der Waals surface area contributed by atoms with E-state index in [0.29, 0.717) is 70.0 Å². The van der Waals surface area contributed by atoms with Crippen molar-refractivity contribution in [2.45, 2.75) is 64.3 Å². The normalized spacial score (nSPS) is 19.3. The maximum atomic E-state index is 13.0. The van der Waals surface area contributed by atoms with E-state index in [1.54, 1.807) is 18.7 Å². The zero-order valence-electron chi connectivity index (χ0n) is 19.7. The number of aromatic nitrogens is 1. The molecule has 0 aromatic carbocycles. The van der Waals surface area contributed by atoms with Crippen molar-refractivity contribution in [2.75, 3.05) is 39.3 Å². The summed E-state index contributed by atoms with van der Waals surface area (Å²) in [5.74, 6) is 0.531. The number of sulfonamides is 1. The minimum absolute atomic E-state index is 0.0768. The van der Waals surface area contributed by atoms with Crippen LogP contribution in [-0.2, 0) is 14.8 Å². The van der Waals surface area contributed by atoms with Crippen molar-refractivity contribution in [3.63, 3.8) is 0 Å². The zero-order chi connectivity index (χ0) is 23.7. The van der Waals surface area contributed by atoms with Gasteiger partial charge in [-0.3, -0.25) is 4.79 Å². The van der Waals surface area contributed by atoms with Crippen molar-refractivity contribution in [2.24, 2.45) is 5.92 Å². The van der Waals surface area contributed by atoms with Gasteiger partial charge in [-0.25, -0.2) is 13.2 Å². The maximum Gasteiger partial charge on any atom is 0.317 e. The average molecular weight is 470 g/mol. The Hall–Kier alpha value is -2.14. The molecule has 0 saturated carbocycles. The molecule has 0 spiro atoms. The SMILES string of the molecule is Cc1noc(C)c1S(=O)(=O)N1CCC(CC(=O)N2CCN(C(=O)NC(C)(C)C)CC2)CC1. The van der Waals surface area contributed by atoms with Gasteiger partial charge in [0.25, 0.3) is 0 Å². The predicted molar refractivity (Wildman–Crippen MR) is 119 cm³/mol. The first-order valence-electron chi connectivity index (χ1n) is 11.2. The summed E-state index contributed by atoms with van der Waals surface area (Å²) in [6.45, 7) is 11.9. The van der Waals surface area contributed by atoms with E-state index in [2.05, 4.69) is 10.5 Å². The van der Waals surface area contributed by atoms with Crippen LogP contribution in [0.4, 0.5) is 4.79 Å². The first-order valence-corrected chi connectivity index (χ1v) is 12.6. The molecule has 2 saturated heterocycles. The molecule has 3 amide bonds. The van der Waals surface area contributed by atoms with Crippen LogP contribution in [0.1, 0.15) is 51.5 Å². The Morgan fingerprint density at radius 3 is 2.09 bits per heavy atom. The van der Waals surface area contributed by atoms with Gasteiger partial charge in [-0.15, -0.1) is 0 Å². The van der Waals surface area contributed by atoms with Crippen molar-refractivity contribution >= 4 is 22.0 Å². The summed E-state index contributed by atoms with van der Waals surface area (Å²) < 4.78 is 32.4. The Bertz CT molecular complexity index is 917. The highest BCUT2D eigenvalue weighted by molar-refractivity contribution is 7.89. The van der Waals surface area contributed by atoms with Gasteiger partial charge in [-0.1, -0.05) is 5.16 Å². The Morgan fingerprint density at radius 2 is 1.59 bits per heavy atom. The summed E-state index contributed by atoms with van der Waals surface area (Å²) in [7, 11) is -3.64. The minimum Gasteiger partial charge on any atom is -0.360 e. The third kappa shape index (κ3) is 5.61. The van der Waals surface area contributed by atoms with Gasteiger partial charge >= 0.3 is 6.03 Å². The number of piperazine rings is 1. The van der Waals surface area contributed by atoms with Crippen LogP contribution in [0.2, 0.25) is 0 Å². The van der Waals surface area contributed by atoms with Gasteiger partial charge in [-0.05, 0) is 53.4 Å². The number of nitrogens with one attached hydrogen (secondary N) is 1. The summed E-state index contributed by atoms with van der Waals surface area (Å²) in [5, 5.41) is 6.71. The zero-order valence-corrected chi connectivity index (χ0v) is 20.5. The predicted octanol–water partition coefficient (Wildman–Crippen LogP) is 1.73. The van der Waals surface area contributed by atoms with Gasteiger partial charge in [0.05, 0.1) is 0 Å². The molecular formula is C21H35N5O5S. The van der Waals surface area contributed by atoms with E-state index in [1.165, 1.54) is 4.31 Å². The Morgan fingerprint density at radius 1 is 1.03 bits per heavy atom. The summed E-state index contributed by atoms with van der Waals surface area (Å²) in [6, 6.07) is -0.100. The number of rotatable bonds is 4. The fraction of sp³-hybridized carbons (Fsp3) is 0.762. The van der Waals surface area contributed by atoms with Crippen molar-refractivity contribution < 1.29 is 22.5 Å². The fourth-order valence-electron chi connectivity index (χ4n) is 4.26. The van der Waals surface area contributed by atoms with Crippen LogP contribution < -0.4 is 5.32 Å². The molecule has 2 aliphatic heterocycles. The highest BCUT2D eigenvalue weighted by Gasteiger charge is 2.35. The van der Waals surface area contributed by atoms with Crippen LogP contribution in [0.25, 0.3) is 0 Å². The molecular weight excluding hydrogens is 434 g/mol. The standard InChI is InChI=1S/C21H35N5O5S/c1-15-19(16(2)31-23-15)32(29,30)26-8-6-17(7-9-26)14-18(27)24-10-12-25(13-11-24)20(28)22-21(3,4)5/h17H,6-14H2,1-5H3,(H,22,28). The van der Waals surface area contributed by atoms with Crippen LogP contribution in [0.15, 0.2) is 9.42 Å². The first kappa shape index (κ1) is 24.5. The number of carbonyl (C=O) groups excluding carboxylic acids is 2. The highest BCUT2D eigenvalue weighted by atomic mass is 32.2. The molecule has 2 aliphatic rings. The van der Waals surface area contributed by atoms with Gasteiger partial charge in [0.1, 0.15) is 10.6 Å². The van der Waals surface area contributed by atoms with E-state index in [0.717, 1.165) is 0 Å². The molecule has 2 fully saturated rings. The number of hydrogen-bond acceptors (Lipinski definition) is 6. The Balaban J connectivity index is 1.47. The summed E-state index contributed by atoms with van der Waals surface area (Å²) in [5.41, 5.74) is 0.0767. The highest BCUT2D eigenvalue weighted by Crippen LogP contribution is 2.29. The van der Waals surface area contributed by atoms with E-state index in [1.807, 2.05) is 25.7 Å². The molecule has 0 bridgehead atoms. The molecule has 0 atom stereocenters. The van der Waals surface area contributed by atoms with Gasteiger partial charge in [0, 0.05) is 51.2 Å². The van der Waals surface area contributed by atoms with E-state index in [-0.39, 0.29) is 28.3 Å². The molecule has 3 rings (SSSR count). The maximum absolute atomic E-state index is 13.0. The molecule has 1 aromatic rings. The average Bonchev–Trinajstić information content (AvgIpc) is 3.06. The van der Waals surface area contributed by atoms with Gasteiger partial charge in [0.15, 0.2) is 5.76 Å². The van der Waals surface area contributed by atoms with E-state index in [9.17, 15) is 18.0 Å². The second-order valence-corrected chi connectivity index (χ2v) is 11.6. The van der Waals surface area contributed by atoms with Crippen LogP contribution in [0, 0.1) is 19.8 Å². The Labute approximate surface area is 190 Å². The number of piperidine rings is 1. The van der Waals surface area contributed by atoms with Crippen molar-refractivity contribution in [3.8, 4) is 0 Å². The minimum atomic E-state index is -3.64. The molecule has 0 radical (unpaired) electrons. The number of amides is 3. The number of urea groups is 1. The second-order valence-electron chi connectivity index (χ2n) is 9.75. The monoisotopic (exact) mass is 469 g/mol. The van der Waals surface area contributed by atoms with E-state index >= 15 is 0 Å². The van der Waals surface area contributed by atoms with Crippen LogP contribution >= 0.6 is 0 Å². The third-order valence-electron chi connectivity index (χ3n) is 6.00. The van der Waals surface area contributed by atoms with Gasteiger partial charge in [0.2, 0.25) is 15.9 Å². The van der Waals surface area contributed by atoms with Gasteiger partial charge < -0.3 is 19.6 Å². The summed E-state index contributed by atoms with van der Waals surface area (Å²) in [4.78, 5) is 28.8. The lowest BCUT2D eigenvalue weighted by atomic mass is 9.94. The number of carbonyl (C=O) groups is 2. The second kappa shape index (κ2) is 9.38. The van der Waals surface area contributed by atoms with Crippen LogP contribution in [0.5, 0.6) is 0 Å². The largest absolute Gasteiger partial charge is 0.360 e. The molecule has 32 heavy (non-hydrogen) atoms. The first-order chi connectivity index (χ1) is 14.9. The van der Waals surface area contributed by atoms with Crippen molar-refractivity contribution in [1.82, 2.24) is 24.6 Å². The lowest BCUT2D eigenvalue weighted by Gasteiger charge is -2.37. The lowest BCUT2D eigenvalue weighted by Crippen LogP contribution is -2.56. The lowest BCUT2D eigenvalue weighted by molar-refractivity contribution is -0.133. The number of aryl methyl sites for hydroxylation is 2. The summed E-state index contributed by atoms with van der Waals surface area (Å²) in [6.07, 6.45) is 1.69. The quantitative estimate of drug-likeness (QED) is 0.718. The smallest absolute Gasteiger partial charge is 0.317 e. The molecule has 0 unspecified atom stereocenters. The molecule has 1 N–H and O–H groups in total. The molecule has 0 aliphatic carbocycles.